The number of nitrogens with one attached hydrogen (secondary N) is 3. The molecule has 0 atom stereocenters. The Balaban J connectivity index is 1.70. The Morgan fingerprint density at radius 3 is 2.40 bits per heavy atom. The summed E-state index contributed by atoms with van der Waals surface area (Å²) >= 11 is 6.25. The summed E-state index contributed by atoms with van der Waals surface area (Å²) in [6, 6.07) is 24.3. The number of benzene rings is 3. The Kier molecular flexibility index (Phi) is 11.5. The van der Waals surface area contributed by atoms with Crippen molar-refractivity contribution in [2.24, 2.45) is 0 Å². The highest BCUT2D eigenvalue weighted by atomic mass is 35.5. The molecule has 12 heteroatoms. The number of carbonyl (C=O) groups excluding carboxylic acids is 3. The first-order valence-corrected chi connectivity index (χ1v) is 14.9. The molecular weight excluding hydrogens is 622 g/mol. The van der Waals surface area contributed by atoms with E-state index in [0.717, 1.165) is 0 Å². The zero-order valence-electron chi connectivity index (χ0n) is 26.3. The third-order valence-corrected chi connectivity index (χ3v) is 6.68. The van der Waals surface area contributed by atoms with Gasteiger partial charge in [-0.2, -0.15) is 5.26 Å². The van der Waals surface area contributed by atoms with E-state index in [4.69, 9.17) is 25.8 Å². The molecule has 3 amide bonds. The number of nitriles is 1. The molecular formula is C35H34ClN5O6. The van der Waals surface area contributed by atoms with Gasteiger partial charge in [0.15, 0.2) is 12.6 Å². The number of anilines is 2. The number of halogens is 1. The molecule has 0 unspecified atom stereocenters. The van der Waals surface area contributed by atoms with Crippen LogP contribution in [0.2, 0.25) is 5.02 Å². The van der Waals surface area contributed by atoms with Gasteiger partial charge in [-0.3, -0.25) is 9.59 Å². The number of rotatable bonds is 11. The zero-order valence-corrected chi connectivity index (χ0v) is 27.1. The van der Waals surface area contributed by atoms with E-state index in [-0.39, 0.29) is 37.1 Å². The van der Waals surface area contributed by atoms with Gasteiger partial charge in [-0.05, 0) is 74.9 Å². The first-order valence-electron chi connectivity index (χ1n) is 14.6. The van der Waals surface area contributed by atoms with E-state index in [1.54, 1.807) is 78.9 Å². The van der Waals surface area contributed by atoms with E-state index < -0.39 is 17.5 Å². The second-order valence-electron chi connectivity index (χ2n) is 11.3. The van der Waals surface area contributed by atoms with Gasteiger partial charge in [0.25, 0.3) is 5.91 Å². The fourth-order valence-electron chi connectivity index (χ4n) is 4.40. The molecule has 0 radical (unpaired) electrons. The molecule has 1 aromatic heterocycles. The summed E-state index contributed by atoms with van der Waals surface area (Å²) in [5.74, 6) is -0.425. The molecule has 0 saturated carbocycles. The van der Waals surface area contributed by atoms with E-state index in [1.165, 1.54) is 7.11 Å². The first kappa shape index (κ1) is 34.4. The van der Waals surface area contributed by atoms with Crippen LogP contribution in [0, 0.1) is 11.3 Å². The number of hydrogen-bond acceptors (Lipinski definition) is 8. The van der Waals surface area contributed by atoms with Crippen molar-refractivity contribution in [1.82, 2.24) is 10.3 Å². The van der Waals surface area contributed by atoms with E-state index in [0.29, 0.717) is 44.4 Å². The third-order valence-electron chi connectivity index (χ3n) is 6.45. The molecule has 242 valence electrons. The van der Waals surface area contributed by atoms with Gasteiger partial charge in [0.2, 0.25) is 5.91 Å². The highest BCUT2D eigenvalue weighted by molar-refractivity contribution is 6.30. The molecule has 11 nitrogen and oxygen atoms in total. The molecule has 1 heterocycles. The van der Waals surface area contributed by atoms with Crippen LogP contribution in [-0.4, -0.2) is 48.9 Å². The van der Waals surface area contributed by atoms with Gasteiger partial charge in [0.05, 0.1) is 12.1 Å². The summed E-state index contributed by atoms with van der Waals surface area (Å²) < 4.78 is 16.0. The van der Waals surface area contributed by atoms with Crippen molar-refractivity contribution >= 4 is 41.0 Å². The summed E-state index contributed by atoms with van der Waals surface area (Å²) in [4.78, 5) is 42.5. The van der Waals surface area contributed by atoms with Gasteiger partial charge in [-0.25, -0.2) is 9.78 Å². The van der Waals surface area contributed by atoms with Crippen molar-refractivity contribution in [2.75, 3.05) is 31.1 Å². The largest absolute Gasteiger partial charge is 0.467 e. The number of amides is 3. The van der Waals surface area contributed by atoms with Crippen LogP contribution in [0.4, 0.5) is 16.3 Å². The number of nitrogens with zero attached hydrogens (tertiary/aromatic N) is 2. The van der Waals surface area contributed by atoms with Crippen molar-refractivity contribution in [3.63, 3.8) is 0 Å². The zero-order chi connectivity index (χ0) is 34.0. The highest BCUT2D eigenvalue weighted by Gasteiger charge is 2.21. The van der Waals surface area contributed by atoms with Crippen molar-refractivity contribution < 1.29 is 28.6 Å². The van der Waals surface area contributed by atoms with Crippen LogP contribution in [0.25, 0.3) is 22.4 Å². The van der Waals surface area contributed by atoms with E-state index in [2.05, 4.69) is 27.0 Å². The maximum Gasteiger partial charge on any atom is 0.407 e. The number of pyridine rings is 1. The minimum atomic E-state index is -0.614. The molecule has 4 aromatic rings. The number of ether oxygens (including phenoxy) is 3. The number of hydrogen-bond donors (Lipinski definition) is 3. The van der Waals surface area contributed by atoms with Crippen LogP contribution in [0.3, 0.4) is 0 Å². The summed E-state index contributed by atoms with van der Waals surface area (Å²) in [5, 5.41) is 19.0. The molecule has 0 fully saturated rings. The van der Waals surface area contributed by atoms with Crippen molar-refractivity contribution in [2.45, 2.75) is 32.7 Å². The van der Waals surface area contributed by atoms with Crippen molar-refractivity contribution in [1.29, 1.82) is 5.26 Å². The fraction of sp³-hybridized carbons (Fsp3) is 0.229. The predicted octanol–water partition coefficient (Wildman–Crippen LogP) is 7.03. The van der Waals surface area contributed by atoms with Gasteiger partial charge in [-0.1, -0.05) is 41.9 Å². The Morgan fingerprint density at radius 1 is 0.936 bits per heavy atom. The molecule has 0 aliphatic rings. The normalized spacial score (nSPS) is 10.8. The maximum absolute atomic E-state index is 13.2. The second-order valence-corrected chi connectivity index (χ2v) is 11.7. The fourth-order valence-corrected chi connectivity index (χ4v) is 4.56. The van der Waals surface area contributed by atoms with Crippen molar-refractivity contribution in [3.8, 4) is 34.2 Å². The molecule has 47 heavy (non-hydrogen) atoms. The Morgan fingerprint density at radius 2 is 1.70 bits per heavy atom. The van der Waals surface area contributed by atoms with Crippen LogP contribution in [0.5, 0.6) is 5.75 Å². The molecule has 0 aliphatic heterocycles. The Bertz CT molecular complexity index is 1800. The monoisotopic (exact) mass is 655 g/mol. The molecule has 0 aliphatic carbocycles. The van der Waals surface area contributed by atoms with Gasteiger partial charge in [0, 0.05) is 40.0 Å². The van der Waals surface area contributed by atoms with E-state index in [9.17, 15) is 19.6 Å². The standard InChI is InChI=1S/C35H34ClN5O6/c1-35(2,3)41-34(44)46-16-15-31(42)38-25-12-8-11-23(17-25)27-19-29(26-14-13-24(36)18-30(26)47-21-45-4)39-32(28(27)20-37)40-33(43)22-9-6-5-7-10-22/h5-14,17-19H,15-16,21H2,1-4H3,(H,38,42)(H,41,44)(H,39,40,43). The second kappa shape index (κ2) is 15.7. The predicted molar refractivity (Wildman–Crippen MR) is 179 cm³/mol. The minimum absolute atomic E-state index is 0.0293. The maximum atomic E-state index is 13.2. The summed E-state index contributed by atoms with van der Waals surface area (Å²) in [6.07, 6.45) is -0.683. The average Bonchev–Trinajstić information content (AvgIpc) is 3.03. The highest BCUT2D eigenvalue weighted by Crippen LogP contribution is 2.38. The topological polar surface area (TPSA) is 152 Å². The quantitative estimate of drug-likeness (QED) is 0.146. The number of aromatic nitrogens is 1. The van der Waals surface area contributed by atoms with Crippen LogP contribution in [0.1, 0.15) is 43.1 Å². The third kappa shape index (κ3) is 9.77. The Labute approximate surface area is 277 Å². The number of methoxy groups -OCH3 is 1. The number of alkyl carbamates (subject to hydrolysis) is 1. The van der Waals surface area contributed by atoms with Gasteiger partial charge < -0.3 is 30.2 Å². The first-order chi connectivity index (χ1) is 22.5. The van der Waals surface area contributed by atoms with Crippen molar-refractivity contribution in [3.05, 3.63) is 95.0 Å². The SMILES string of the molecule is COCOc1cc(Cl)ccc1-c1cc(-c2cccc(NC(=O)CCOC(=O)NC(C)(C)C)c2)c(C#N)c(NC(=O)c2ccccc2)n1. The average molecular weight is 656 g/mol. The van der Waals surface area contributed by atoms with Crippen LogP contribution >= 0.6 is 11.6 Å². The molecule has 0 spiro atoms. The summed E-state index contributed by atoms with van der Waals surface area (Å²) in [6.45, 7) is 5.30. The van der Waals surface area contributed by atoms with Gasteiger partial charge in [0.1, 0.15) is 24.0 Å². The lowest BCUT2D eigenvalue weighted by Crippen LogP contribution is -2.41. The summed E-state index contributed by atoms with van der Waals surface area (Å²) in [5.41, 5.74) is 2.38. The number of carbonyl (C=O) groups is 3. The van der Waals surface area contributed by atoms with Crippen LogP contribution in [-0.2, 0) is 14.3 Å². The van der Waals surface area contributed by atoms with E-state index in [1.807, 2.05) is 20.8 Å². The van der Waals surface area contributed by atoms with Crippen LogP contribution in [0.15, 0.2) is 78.9 Å². The Hall–Kier alpha value is -5.44. The lowest BCUT2D eigenvalue weighted by atomic mass is 9.97. The van der Waals surface area contributed by atoms with Gasteiger partial charge in [-0.15, -0.1) is 0 Å². The lowest BCUT2D eigenvalue weighted by molar-refractivity contribution is -0.116. The molecule has 3 aromatic carbocycles. The molecule has 0 saturated heterocycles. The molecule has 3 N–H and O–H groups in total. The van der Waals surface area contributed by atoms with Crippen LogP contribution < -0.4 is 20.7 Å². The van der Waals surface area contributed by atoms with E-state index >= 15 is 0 Å². The summed E-state index contributed by atoms with van der Waals surface area (Å²) in [7, 11) is 1.49. The van der Waals surface area contributed by atoms with Gasteiger partial charge >= 0.3 is 6.09 Å². The minimum Gasteiger partial charge on any atom is -0.467 e. The molecule has 4 rings (SSSR count). The lowest BCUT2D eigenvalue weighted by Gasteiger charge is -2.19. The molecule has 0 bridgehead atoms. The smallest absolute Gasteiger partial charge is 0.407 e.